The fraction of sp³-hybridized carbons (Fsp3) is 0.900. The second kappa shape index (κ2) is 28.2. The number of unbranched alkanes of at least 4 members (excludes halogenated alkanes) is 24. The lowest BCUT2D eigenvalue weighted by Gasteiger charge is -2.04. The molecule has 0 aromatic carbocycles. The third-order valence-electron chi connectivity index (χ3n) is 6.70. The van der Waals surface area contributed by atoms with Gasteiger partial charge >= 0.3 is 5.97 Å². The first-order chi connectivity index (χ1) is 15.8. The molecule has 0 aromatic rings. The van der Waals surface area contributed by atoms with Crippen molar-refractivity contribution < 1.29 is 9.53 Å². The van der Waals surface area contributed by atoms with Gasteiger partial charge in [0.05, 0.1) is 6.26 Å². The Morgan fingerprint density at radius 2 is 0.750 bits per heavy atom. The van der Waals surface area contributed by atoms with Crippen LogP contribution in [0.5, 0.6) is 0 Å². The maximum Gasteiger partial charge on any atom is 0.310 e. The van der Waals surface area contributed by atoms with E-state index in [2.05, 4.69) is 13.5 Å². The minimum Gasteiger partial charge on any atom is -0.435 e. The lowest BCUT2D eigenvalue weighted by molar-refractivity contribution is -0.138. The number of hydrogen-bond acceptors (Lipinski definition) is 2. The maximum atomic E-state index is 11.2. The van der Waals surface area contributed by atoms with Gasteiger partial charge in [-0.25, -0.2) is 0 Å². The van der Waals surface area contributed by atoms with Crippen molar-refractivity contribution in [2.45, 2.75) is 174 Å². The van der Waals surface area contributed by atoms with E-state index < -0.39 is 0 Å². The predicted molar refractivity (Wildman–Crippen MR) is 142 cm³/mol. The molecule has 0 amide bonds. The largest absolute Gasteiger partial charge is 0.435 e. The first-order valence-electron chi connectivity index (χ1n) is 14.6. The number of carbonyl (C=O) groups is 1. The molecule has 0 aromatic heterocycles. The summed E-state index contributed by atoms with van der Waals surface area (Å²) in [6.45, 7) is 5.70. The highest BCUT2D eigenvalue weighted by molar-refractivity contribution is 5.69. The number of carbonyl (C=O) groups excluding carboxylic acids is 1. The van der Waals surface area contributed by atoms with E-state index in [0.29, 0.717) is 6.42 Å². The minimum atomic E-state index is -0.144. The highest BCUT2D eigenvalue weighted by Gasteiger charge is 2.00. The molecule has 0 aliphatic heterocycles. The van der Waals surface area contributed by atoms with Gasteiger partial charge < -0.3 is 4.74 Å². The van der Waals surface area contributed by atoms with Gasteiger partial charge in [-0.3, -0.25) is 4.79 Å². The Morgan fingerprint density at radius 1 is 0.500 bits per heavy atom. The van der Waals surface area contributed by atoms with Gasteiger partial charge in [-0.2, -0.15) is 0 Å². The van der Waals surface area contributed by atoms with Gasteiger partial charge in [0.25, 0.3) is 0 Å². The number of ether oxygens (including phenoxy) is 1. The molecule has 2 nitrogen and oxygen atoms in total. The molecule has 190 valence electrons. The molecule has 0 saturated carbocycles. The van der Waals surface area contributed by atoms with E-state index in [0.717, 1.165) is 12.8 Å². The van der Waals surface area contributed by atoms with Crippen molar-refractivity contribution in [2.24, 2.45) is 0 Å². The van der Waals surface area contributed by atoms with E-state index in [1.807, 2.05) is 0 Å². The molecule has 32 heavy (non-hydrogen) atoms. The Kier molecular flexibility index (Phi) is 27.5. The van der Waals surface area contributed by atoms with E-state index >= 15 is 0 Å². The fourth-order valence-electron chi connectivity index (χ4n) is 4.56. The molecule has 0 aliphatic carbocycles. The van der Waals surface area contributed by atoms with Crippen molar-refractivity contribution in [2.75, 3.05) is 0 Å². The molecule has 0 heterocycles. The smallest absolute Gasteiger partial charge is 0.310 e. The Balaban J connectivity index is 3.04. The Hall–Kier alpha value is -0.790. The molecule has 0 unspecified atom stereocenters. The summed E-state index contributed by atoms with van der Waals surface area (Å²) >= 11 is 0. The molecule has 2 heteroatoms. The third kappa shape index (κ3) is 27.2. The van der Waals surface area contributed by atoms with E-state index in [1.165, 1.54) is 154 Å². The van der Waals surface area contributed by atoms with Crippen molar-refractivity contribution in [1.82, 2.24) is 0 Å². The number of rotatable bonds is 27. The molecule has 0 N–H and O–H groups in total. The van der Waals surface area contributed by atoms with Crippen LogP contribution in [0.25, 0.3) is 0 Å². The topological polar surface area (TPSA) is 26.3 Å². The van der Waals surface area contributed by atoms with Crippen LogP contribution in [0.4, 0.5) is 0 Å². The van der Waals surface area contributed by atoms with Gasteiger partial charge in [0.15, 0.2) is 0 Å². The highest BCUT2D eigenvalue weighted by atomic mass is 16.5. The van der Waals surface area contributed by atoms with E-state index in [4.69, 9.17) is 4.74 Å². The molecule has 0 rings (SSSR count). The summed E-state index contributed by atoms with van der Waals surface area (Å²) in [6, 6.07) is 0. The Morgan fingerprint density at radius 3 is 1.00 bits per heavy atom. The van der Waals surface area contributed by atoms with Crippen molar-refractivity contribution in [3.8, 4) is 0 Å². The lowest BCUT2D eigenvalue weighted by Crippen LogP contribution is -1.98. The van der Waals surface area contributed by atoms with Crippen LogP contribution in [0, 0.1) is 0 Å². The van der Waals surface area contributed by atoms with Gasteiger partial charge in [-0.1, -0.05) is 168 Å². The van der Waals surface area contributed by atoms with Crippen LogP contribution in [-0.4, -0.2) is 5.97 Å². The van der Waals surface area contributed by atoms with Gasteiger partial charge in [0.1, 0.15) is 0 Å². The number of esters is 1. The van der Waals surface area contributed by atoms with Crippen LogP contribution in [-0.2, 0) is 9.53 Å². The van der Waals surface area contributed by atoms with Crippen LogP contribution >= 0.6 is 0 Å². The van der Waals surface area contributed by atoms with Crippen LogP contribution < -0.4 is 0 Å². The molecule has 0 bridgehead atoms. The summed E-state index contributed by atoms with van der Waals surface area (Å²) < 4.78 is 4.72. The summed E-state index contributed by atoms with van der Waals surface area (Å²) in [5, 5.41) is 0. The van der Waals surface area contributed by atoms with Gasteiger partial charge in [0, 0.05) is 6.42 Å². The molecular formula is C30H58O2. The second-order valence-corrected chi connectivity index (χ2v) is 9.89. The van der Waals surface area contributed by atoms with E-state index in [-0.39, 0.29) is 5.97 Å². The molecule has 0 aliphatic rings. The van der Waals surface area contributed by atoms with Crippen LogP contribution in [0.1, 0.15) is 174 Å². The van der Waals surface area contributed by atoms with Crippen molar-refractivity contribution >= 4 is 5.97 Å². The zero-order valence-corrected chi connectivity index (χ0v) is 22.0. The van der Waals surface area contributed by atoms with E-state index in [1.54, 1.807) is 0 Å². The van der Waals surface area contributed by atoms with Crippen molar-refractivity contribution in [3.63, 3.8) is 0 Å². The van der Waals surface area contributed by atoms with Crippen LogP contribution in [0.15, 0.2) is 12.8 Å². The first-order valence-corrected chi connectivity index (χ1v) is 14.6. The highest BCUT2D eigenvalue weighted by Crippen LogP contribution is 2.16. The summed E-state index contributed by atoms with van der Waals surface area (Å²) in [5.41, 5.74) is 0. The van der Waals surface area contributed by atoms with Crippen molar-refractivity contribution in [1.29, 1.82) is 0 Å². The van der Waals surface area contributed by atoms with Gasteiger partial charge in [-0.15, -0.1) is 0 Å². The molecule has 0 fully saturated rings. The lowest BCUT2D eigenvalue weighted by atomic mass is 10.0. The SMILES string of the molecule is C=COC(=O)CCCCCCCCCCCCCCCCCCCCCCCCCCC. The average molecular weight is 451 g/mol. The minimum absolute atomic E-state index is 0.144. The molecule has 0 radical (unpaired) electrons. The van der Waals surface area contributed by atoms with Gasteiger partial charge in [-0.05, 0) is 6.42 Å². The average Bonchev–Trinajstić information content (AvgIpc) is 2.79. The standard InChI is InChI=1S/C30H58O2/c1-3-5-6-7-8-9-10-11-12-13-14-15-16-17-18-19-20-21-22-23-24-25-26-27-28-29-30(31)32-4-2/h4H,2-3,5-29H2,1H3. The van der Waals surface area contributed by atoms with Crippen LogP contribution in [0.3, 0.4) is 0 Å². The van der Waals surface area contributed by atoms with Crippen LogP contribution in [0.2, 0.25) is 0 Å². The zero-order chi connectivity index (χ0) is 23.4. The third-order valence-corrected chi connectivity index (χ3v) is 6.70. The summed E-state index contributed by atoms with van der Waals surface area (Å²) in [7, 11) is 0. The molecule has 0 atom stereocenters. The van der Waals surface area contributed by atoms with Crippen molar-refractivity contribution in [3.05, 3.63) is 12.8 Å². The predicted octanol–water partition coefficient (Wildman–Crippen LogP) is 10.8. The maximum absolute atomic E-state index is 11.2. The Bertz CT molecular complexity index is 377. The normalized spacial score (nSPS) is 11.0. The van der Waals surface area contributed by atoms with E-state index in [9.17, 15) is 4.79 Å². The fourth-order valence-corrected chi connectivity index (χ4v) is 4.56. The molecule has 0 saturated heterocycles. The molecule has 0 spiro atoms. The summed E-state index contributed by atoms with van der Waals surface area (Å²) in [5.74, 6) is -0.144. The summed E-state index contributed by atoms with van der Waals surface area (Å²) in [4.78, 5) is 11.2. The second-order valence-electron chi connectivity index (χ2n) is 9.89. The Labute approximate surface area is 202 Å². The molecular weight excluding hydrogens is 392 g/mol. The number of hydrogen-bond donors (Lipinski definition) is 0. The van der Waals surface area contributed by atoms with Gasteiger partial charge in [0.2, 0.25) is 0 Å². The monoisotopic (exact) mass is 450 g/mol. The zero-order valence-electron chi connectivity index (χ0n) is 22.0. The quantitative estimate of drug-likeness (QED) is 0.0706. The summed E-state index contributed by atoms with van der Waals surface area (Å²) in [6.07, 6.45) is 36.7. The first kappa shape index (κ1) is 31.2.